The lowest BCUT2D eigenvalue weighted by Gasteiger charge is -2.19. The third-order valence-corrected chi connectivity index (χ3v) is 3.30. The van der Waals surface area contributed by atoms with E-state index in [4.69, 9.17) is 11.6 Å². The average Bonchev–Trinajstić information content (AvgIpc) is 2.53. The molecule has 0 radical (unpaired) electrons. The van der Waals surface area contributed by atoms with E-state index >= 15 is 0 Å². The molecule has 1 heterocycles. The molecule has 1 aliphatic rings. The molecule has 5 heteroatoms. The normalized spacial score (nSPS) is 24.1. The number of anilines is 1. The zero-order valence-corrected chi connectivity index (χ0v) is 10.4. The van der Waals surface area contributed by atoms with E-state index in [0.29, 0.717) is 17.1 Å². The van der Waals surface area contributed by atoms with Crippen LogP contribution in [-0.2, 0) is 4.79 Å². The highest BCUT2D eigenvalue weighted by Gasteiger charge is 2.47. The molecule has 90 valence electrons. The number of nitrogens with zero attached hydrogens (tertiary/aromatic N) is 1. The highest BCUT2D eigenvalue weighted by molar-refractivity contribution is 6.30. The molecule has 1 unspecified atom stereocenters. The molecule has 0 bridgehead atoms. The van der Waals surface area contributed by atoms with Crippen LogP contribution in [0.5, 0.6) is 0 Å². The number of urea groups is 1. The molecule has 1 fully saturated rings. The molecule has 0 aromatic heterocycles. The number of hydrogen-bond acceptors (Lipinski definition) is 2. The third kappa shape index (κ3) is 1.89. The van der Waals surface area contributed by atoms with Gasteiger partial charge in [0.15, 0.2) is 0 Å². The number of nitrogens with one attached hydrogen (secondary N) is 1. The second-order valence-electron chi connectivity index (χ2n) is 4.23. The monoisotopic (exact) mass is 252 g/mol. The van der Waals surface area contributed by atoms with Crippen molar-refractivity contribution in [1.29, 1.82) is 0 Å². The summed E-state index contributed by atoms with van der Waals surface area (Å²) in [6, 6.07) is 6.22. The Morgan fingerprint density at radius 2 is 1.88 bits per heavy atom. The summed E-state index contributed by atoms with van der Waals surface area (Å²) in [5.74, 6) is -0.229. The molecule has 1 N–H and O–H groups in total. The van der Waals surface area contributed by atoms with Crippen LogP contribution in [0.1, 0.15) is 20.3 Å². The third-order valence-electron chi connectivity index (χ3n) is 3.05. The molecule has 3 amide bonds. The van der Waals surface area contributed by atoms with Gasteiger partial charge in [0.25, 0.3) is 5.91 Å². The van der Waals surface area contributed by atoms with E-state index in [2.05, 4.69) is 5.32 Å². The molecule has 17 heavy (non-hydrogen) atoms. The number of benzene rings is 1. The largest absolute Gasteiger partial charge is 0.329 e. The van der Waals surface area contributed by atoms with Gasteiger partial charge in [-0.1, -0.05) is 18.5 Å². The van der Waals surface area contributed by atoms with Crippen LogP contribution in [-0.4, -0.2) is 17.5 Å². The topological polar surface area (TPSA) is 49.4 Å². The number of halogens is 1. The Hall–Kier alpha value is -1.55. The maximum Gasteiger partial charge on any atom is 0.329 e. The van der Waals surface area contributed by atoms with Crippen LogP contribution in [0.4, 0.5) is 10.5 Å². The molecule has 0 spiro atoms. The van der Waals surface area contributed by atoms with E-state index in [1.54, 1.807) is 31.2 Å². The zero-order chi connectivity index (χ0) is 12.6. The predicted molar refractivity (Wildman–Crippen MR) is 66.2 cm³/mol. The van der Waals surface area contributed by atoms with Crippen LogP contribution in [0.3, 0.4) is 0 Å². The number of amides is 3. The van der Waals surface area contributed by atoms with Gasteiger partial charge in [-0.2, -0.15) is 0 Å². The fourth-order valence-corrected chi connectivity index (χ4v) is 1.87. The van der Waals surface area contributed by atoms with Crippen LogP contribution >= 0.6 is 11.6 Å². The van der Waals surface area contributed by atoms with Crippen molar-refractivity contribution in [3.63, 3.8) is 0 Å². The molecule has 0 aliphatic carbocycles. The van der Waals surface area contributed by atoms with Gasteiger partial charge >= 0.3 is 6.03 Å². The minimum absolute atomic E-state index is 0.229. The first-order valence-electron chi connectivity index (χ1n) is 5.40. The lowest BCUT2D eigenvalue weighted by Crippen LogP contribution is -2.43. The van der Waals surface area contributed by atoms with Gasteiger partial charge in [-0.05, 0) is 37.6 Å². The summed E-state index contributed by atoms with van der Waals surface area (Å²) in [5.41, 5.74) is -0.273. The van der Waals surface area contributed by atoms with E-state index in [9.17, 15) is 9.59 Å². The fourth-order valence-electron chi connectivity index (χ4n) is 1.75. The number of imide groups is 1. The Morgan fingerprint density at radius 3 is 2.35 bits per heavy atom. The van der Waals surface area contributed by atoms with Crippen molar-refractivity contribution >= 4 is 29.2 Å². The van der Waals surface area contributed by atoms with Gasteiger partial charge in [-0.15, -0.1) is 0 Å². The number of carbonyl (C=O) groups excluding carboxylic acids is 2. The van der Waals surface area contributed by atoms with Crippen molar-refractivity contribution < 1.29 is 9.59 Å². The highest BCUT2D eigenvalue weighted by atomic mass is 35.5. The van der Waals surface area contributed by atoms with Crippen LogP contribution in [0.25, 0.3) is 0 Å². The van der Waals surface area contributed by atoms with Gasteiger partial charge in [0, 0.05) is 5.02 Å². The second-order valence-corrected chi connectivity index (χ2v) is 4.67. The first-order chi connectivity index (χ1) is 7.98. The Bertz CT molecular complexity index is 472. The molecule has 1 atom stereocenters. The summed E-state index contributed by atoms with van der Waals surface area (Å²) in [6.45, 7) is 3.59. The Labute approximate surface area is 105 Å². The van der Waals surface area contributed by atoms with E-state index in [1.807, 2.05) is 6.92 Å². The standard InChI is InChI=1S/C12H13ClN2O2/c1-3-12(2)10(16)15(11(17)14-12)9-6-4-8(13)5-7-9/h4-7H,3H2,1-2H3,(H,14,17). The van der Waals surface area contributed by atoms with E-state index in [0.717, 1.165) is 4.90 Å². The number of carbonyl (C=O) groups is 2. The van der Waals surface area contributed by atoms with E-state index < -0.39 is 5.54 Å². The van der Waals surface area contributed by atoms with E-state index in [1.165, 1.54) is 0 Å². The quantitative estimate of drug-likeness (QED) is 0.823. The Balaban J connectivity index is 2.37. The number of rotatable bonds is 2. The molecule has 1 aliphatic heterocycles. The smallest absolute Gasteiger partial charge is 0.323 e. The number of hydrogen-bond donors (Lipinski definition) is 1. The second kappa shape index (κ2) is 4.04. The lowest BCUT2D eigenvalue weighted by molar-refractivity contribution is -0.121. The van der Waals surface area contributed by atoms with Crippen LogP contribution in [0.2, 0.25) is 5.02 Å². The highest BCUT2D eigenvalue weighted by Crippen LogP contribution is 2.27. The van der Waals surface area contributed by atoms with Gasteiger partial charge in [-0.3, -0.25) is 4.79 Å². The van der Waals surface area contributed by atoms with Crippen molar-refractivity contribution in [2.24, 2.45) is 0 Å². The van der Waals surface area contributed by atoms with Gasteiger partial charge in [0.2, 0.25) is 0 Å². The minimum atomic E-state index is -0.809. The first kappa shape index (κ1) is 11.9. The van der Waals surface area contributed by atoms with Crippen LogP contribution in [0.15, 0.2) is 24.3 Å². The Morgan fingerprint density at radius 1 is 1.29 bits per heavy atom. The van der Waals surface area contributed by atoms with Crippen molar-refractivity contribution in [3.8, 4) is 0 Å². The van der Waals surface area contributed by atoms with Crippen molar-refractivity contribution in [3.05, 3.63) is 29.3 Å². The molecule has 0 saturated carbocycles. The summed E-state index contributed by atoms with van der Waals surface area (Å²) >= 11 is 5.77. The molecular weight excluding hydrogens is 240 g/mol. The van der Waals surface area contributed by atoms with E-state index in [-0.39, 0.29) is 11.9 Å². The van der Waals surface area contributed by atoms with Crippen molar-refractivity contribution in [1.82, 2.24) is 5.32 Å². The maximum absolute atomic E-state index is 12.2. The van der Waals surface area contributed by atoms with Gasteiger partial charge in [0.05, 0.1) is 5.69 Å². The molecule has 4 nitrogen and oxygen atoms in total. The SMILES string of the molecule is CCC1(C)NC(=O)N(c2ccc(Cl)cc2)C1=O. The Kier molecular flexibility index (Phi) is 2.83. The molecule has 1 aromatic rings. The summed E-state index contributed by atoms with van der Waals surface area (Å²) in [5, 5.41) is 3.27. The fraction of sp³-hybridized carbons (Fsp3) is 0.333. The molecule has 2 rings (SSSR count). The molecular formula is C12H13ClN2O2. The lowest BCUT2D eigenvalue weighted by atomic mass is 9.99. The van der Waals surface area contributed by atoms with Gasteiger partial charge < -0.3 is 5.32 Å². The zero-order valence-electron chi connectivity index (χ0n) is 9.66. The maximum atomic E-state index is 12.2. The van der Waals surface area contributed by atoms with Crippen molar-refractivity contribution in [2.75, 3.05) is 4.90 Å². The van der Waals surface area contributed by atoms with Crippen LogP contribution < -0.4 is 10.2 Å². The summed E-state index contributed by atoms with van der Waals surface area (Å²) in [4.78, 5) is 25.1. The van der Waals surface area contributed by atoms with Gasteiger partial charge in [0.1, 0.15) is 5.54 Å². The summed E-state index contributed by atoms with van der Waals surface area (Å²) in [7, 11) is 0. The van der Waals surface area contributed by atoms with Crippen LogP contribution in [0, 0.1) is 0 Å². The molecule has 1 saturated heterocycles. The predicted octanol–water partition coefficient (Wildman–Crippen LogP) is 2.56. The average molecular weight is 253 g/mol. The minimum Gasteiger partial charge on any atom is -0.323 e. The summed E-state index contributed by atoms with van der Waals surface area (Å²) in [6.07, 6.45) is 0.557. The molecule has 1 aromatic carbocycles. The van der Waals surface area contributed by atoms with Gasteiger partial charge in [-0.25, -0.2) is 9.69 Å². The first-order valence-corrected chi connectivity index (χ1v) is 5.78. The van der Waals surface area contributed by atoms with Crippen molar-refractivity contribution in [2.45, 2.75) is 25.8 Å². The summed E-state index contributed by atoms with van der Waals surface area (Å²) < 4.78 is 0.